The lowest BCUT2D eigenvalue weighted by Crippen LogP contribution is -2.47. The number of carbonyl (C=O) groups excluding carboxylic acids is 2. The zero-order valence-electron chi connectivity index (χ0n) is 13.2. The Morgan fingerprint density at radius 2 is 2.04 bits per heavy atom. The van der Waals surface area contributed by atoms with E-state index in [1.165, 1.54) is 25.6 Å². The van der Waals surface area contributed by atoms with Gasteiger partial charge in [0.25, 0.3) is 5.91 Å². The molecule has 0 unspecified atom stereocenters. The van der Waals surface area contributed by atoms with Gasteiger partial charge in [-0.1, -0.05) is 13.8 Å². The van der Waals surface area contributed by atoms with Gasteiger partial charge in [0.2, 0.25) is 11.8 Å². The van der Waals surface area contributed by atoms with Crippen molar-refractivity contribution in [2.75, 3.05) is 12.4 Å². The topological polar surface area (TPSA) is 93.5 Å². The van der Waals surface area contributed by atoms with Crippen LogP contribution in [0, 0.1) is 5.92 Å². The molecule has 2 aromatic heterocycles. The Labute approximate surface area is 134 Å². The number of nitrogens with zero attached hydrogens (tertiary/aromatic N) is 1. The third-order valence-electron chi connectivity index (χ3n) is 3.19. The average Bonchev–Trinajstić information content (AvgIpc) is 3.07. The highest BCUT2D eigenvalue weighted by molar-refractivity contribution is 6.00. The van der Waals surface area contributed by atoms with Crippen LogP contribution >= 0.6 is 0 Å². The van der Waals surface area contributed by atoms with Gasteiger partial charge in [0, 0.05) is 6.07 Å². The van der Waals surface area contributed by atoms with E-state index in [4.69, 9.17) is 9.15 Å². The largest absolute Gasteiger partial charge is 0.481 e. The molecular formula is C16H19N3O4. The van der Waals surface area contributed by atoms with Crippen LogP contribution in [-0.2, 0) is 4.79 Å². The maximum absolute atomic E-state index is 12.4. The van der Waals surface area contributed by atoms with E-state index < -0.39 is 11.9 Å². The Morgan fingerprint density at radius 3 is 2.57 bits per heavy atom. The molecule has 2 rings (SSSR count). The fourth-order valence-corrected chi connectivity index (χ4v) is 1.95. The van der Waals surface area contributed by atoms with Gasteiger partial charge in [0.15, 0.2) is 5.76 Å². The zero-order valence-corrected chi connectivity index (χ0v) is 13.2. The average molecular weight is 317 g/mol. The molecule has 1 atom stereocenters. The second kappa shape index (κ2) is 7.44. The summed E-state index contributed by atoms with van der Waals surface area (Å²) >= 11 is 0. The van der Waals surface area contributed by atoms with Crippen LogP contribution in [0.15, 0.2) is 41.1 Å². The number of furan rings is 1. The van der Waals surface area contributed by atoms with Crippen molar-refractivity contribution in [2.24, 2.45) is 5.92 Å². The minimum atomic E-state index is -0.699. The first-order valence-corrected chi connectivity index (χ1v) is 7.16. The molecule has 0 saturated carbocycles. The zero-order chi connectivity index (χ0) is 16.8. The predicted octanol–water partition coefficient (Wildman–Crippen LogP) is 2.08. The molecule has 0 saturated heterocycles. The lowest BCUT2D eigenvalue weighted by molar-refractivity contribution is -0.118. The summed E-state index contributed by atoms with van der Waals surface area (Å²) in [6.07, 6.45) is 2.89. The highest BCUT2D eigenvalue weighted by atomic mass is 16.5. The fraction of sp³-hybridized carbons (Fsp3) is 0.312. The van der Waals surface area contributed by atoms with E-state index in [0.717, 1.165) is 0 Å². The number of ether oxygens (including phenoxy) is 1. The molecule has 23 heavy (non-hydrogen) atoms. The highest BCUT2D eigenvalue weighted by Gasteiger charge is 2.25. The number of aromatic nitrogens is 1. The van der Waals surface area contributed by atoms with Gasteiger partial charge in [-0.25, -0.2) is 4.98 Å². The van der Waals surface area contributed by atoms with E-state index in [-0.39, 0.29) is 17.6 Å². The molecule has 0 aliphatic heterocycles. The first-order chi connectivity index (χ1) is 11.0. The van der Waals surface area contributed by atoms with Gasteiger partial charge in [-0.3, -0.25) is 9.59 Å². The first-order valence-electron chi connectivity index (χ1n) is 7.16. The van der Waals surface area contributed by atoms with E-state index >= 15 is 0 Å². The molecule has 7 heteroatoms. The van der Waals surface area contributed by atoms with Crippen molar-refractivity contribution in [3.63, 3.8) is 0 Å². The van der Waals surface area contributed by atoms with Crippen LogP contribution in [0.5, 0.6) is 5.88 Å². The summed E-state index contributed by atoms with van der Waals surface area (Å²) in [4.78, 5) is 28.5. The SMILES string of the molecule is COc1ccc(NC(=O)[C@@H](NC(=O)c2ccco2)C(C)C)cn1. The van der Waals surface area contributed by atoms with Crippen LogP contribution in [0.25, 0.3) is 0 Å². The van der Waals surface area contributed by atoms with Gasteiger partial charge in [-0.15, -0.1) is 0 Å². The van der Waals surface area contributed by atoms with Gasteiger partial charge in [0.05, 0.1) is 25.3 Å². The molecule has 2 heterocycles. The maximum atomic E-state index is 12.4. The summed E-state index contributed by atoms with van der Waals surface area (Å²) in [5.74, 6) is -0.243. The maximum Gasteiger partial charge on any atom is 0.287 e. The number of pyridine rings is 1. The third kappa shape index (κ3) is 4.32. The number of amides is 2. The summed E-state index contributed by atoms with van der Waals surface area (Å²) in [5.41, 5.74) is 0.522. The lowest BCUT2D eigenvalue weighted by Gasteiger charge is -2.21. The normalized spacial score (nSPS) is 11.8. The molecule has 2 amide bonds. The van der Waals surface area contributed by atoms with Crippen LogP contribution in [0.3, 0.4) is 0 Å². The van der Waals surface area contributed by atoms with Crippen LogP contribution in [-0.4, -0.2) is 29.9 Å². The molecule has 2 N–H and O–H groups in total. The van der Waals surface area contributed by atoms with Gasteiger partial charge in [-0.05, 0) is 24.1 Å². The second-order valence-electron chi connectivity index (χ2n) is 5.25. The molecule has 122 valence electrons. The smallest absolute Gasteiger partial charge is 0.287 e. The molecule has 0 aromatic carbocycles. The Morgan fingerprint density at radius 1 is 1.26 bits per heavy atom. The number of methoxy groups -OCH3 is 1. The predicted molar refractivity (Wildman–Crippen MR) is 84.2 cm³/mol. The summed E-state index contributed by atoms with van der Waals surface area (Å²) in [6, 6.07) is 5.77. The molecule has 2 aromatic rings. The minimum Gasteiger partial charge on any atom is -0.481 e. The number of carbonyl (C=O) groups is 2. The highest BCUT2D eigenvalue weighted by Crippen LogP contribution is 2.13. The standard InChI is InChI=1S/C16H19N3O4/c1-10(2)14(19-15(20)12-5-4-8-23-12)16(21)18-11-6-7-13(22-3)17-9-11/h4-10,14H,1-3H3,(H,18,21)(H,19,20)/t14-/m0/s1. The molecule has 0 fully saturated rings. The van der Waals surface area contributed by atoms with Crippen molar-refractivity contribution in [3.8, 4) is 5.88 Å². The van der Waals surface area contributed by atoms with Crippen molar-refractivity contribution < 1.29 is 18.7 Å². The first kappa shape index (κ1) is 16.5. The van der Waals surface area contributed by atoms with Crippen LogP contribution in [0.4, 0.5) is 5.69 Å². The van der Waals surface area contributed by atoms with Gasteiger partial charge >= 0.3 is 0 Å². The Hall–Kier alpha value is -2.83. The minimum absolute atomic E-state index is 0.0971. The van der Waals surface area contributed by atoms with Crippen LogP contribution in [0.2, 0.25) is 0 Å². The number of anilines is 1. The van der Waals surface area contributed by atoms with E-state index in [2.05, 4.69) is 15.6 Å². The number of nitrogens with one attached hydrogen (secondary N) is 2. The van der Waals surface area contributed by atoms with Crippen LogP contribution < -0.4 is 15.4 Å². The summed E-state index contributed by atoms with van der Waals surface area (Å²) in [5, 5.41) is 5.39. The fourth-order valence-electron chi connectivity index (χ4n) is 1.95. The van der Waals surface area contributed by atoms with E-state index in [1.807, 2.05) is 13.8 Å². The molecule has 0 bridgehead atoms. The number of rotatable bonds is 6. The molecule has 0 spiro atoms. The van der Waals surface area contributed by atoms with E-state index in [9.17, 15) is 9.59 Å². The Kier molecular flexibility index (Phi) is 5.35. The molecule has 0 aliphatic rings. The van der Waals surface area contributed by atoms with Crippen molar-refractivity contribution in [1.82, 2.24) is 10.3 Å². The van der Waals surface area contributed by atoms with Crippen molar-refractivity contribution in [2.45, 2.75) is 19.9 Å². The van der Waals surface area contributed by atoms with Crippen molar-refractivity contribution in [1.29, 1.82) is 0 Å². The third-order valence-corrected chi connectivity index (χ3v) is 3.19. The molecular weight excluding hydrogens is 298 g/mol. The second-order valence-corrected chi connectivity index (χ2v) is 5.25. The monoisotopic (exact) mass is 317 g/mol. The van der Waals surface area contributed by atoms with E-state index in [1.54, 1.807) is 18.2 Å². The van der Waals surface area contributed by atoms with Crippen molar-refractivity contribution in [3.05, 3.63) is 42.5 Å². The molecule has 7 nitrogen and oxygen atoms in total. The lowest BCUT2D eigenvalue weighted by atomic mass is 10.0. The quantitative estimate of drug-likeness (QED) is 0.851. The summed E-state index contributed by atoms with van der Waals surface area (Å²) < 4.78 is 9.99. The van der Waals surface area contributed by atoms with Gasteiger partial charge < -0.3 is 19.8 Å². The molecule has 0 aliphatic carbocycles. The van der Waals surface area contributed by atoms with Gasteiger partial charge in [0.1, 0.15) is 6.04 Å². The molecule has 0 radical (unpaired) electrons. The Balaban J connectivity index is 2.04. The summed E-state index contributed by atoms with van der Waals surface area (Å²) in [7, 11) is 1.51. The number of hydrogen-bond acceptors (Lipinski definition) is 5. The number of hydrogen-bond donors (Lipinski definition) is 2. The van der Waals surface area contributed by atoms with E-state index in [0.29, 0.717) is 11.6 Å². The van der Waals surface area contributed by atoms with Gasteiger partial charge in [-0.2, -0.15) is 0 Å². The Bertz CT molecular complexity index is 650. The van der Waals surface area contributed by atoms with Crippen molar-refractivity contribution >= 4 is 17.5 Å². The summed E-state index contributed by atoms with van der Waals surface area (Å²) in [6.45, 7) is 3.69. The van der Waals surface area contributed by atoms with Crippen LogP contribution in [0.1, 0.15) is 24.4 Å².